The molecule has 9 nitrogen and oxygen atoms in total. The molecule has 4 rings (SSSR count). The molecule has 0 amide bonds. The number of nitrogens with zero attached hydrogens (tertiary/aromatic N) is 5. The monoisotopic (exact) mass is 468 g/mol. The van der Waals surface area contributed by atoms with E-state index in [1.54, 1.807) is 31.6 Å². The number of aromatic nitrogens is 5. The molecule has 0 aliphatic heterocycles. The van der Waals surface area contributed by atoms with Gasteiger partial charge in [-0.15, -0.1) is 16.4 Å². The van der Waals surface area contributed by atoms with Gasteiger partial charge in [-0.25, -0.2) is 4.68 Å². The maximum absolute atomic E-state index is 13.0. The Hall–Kier alpha value is -3.24. The highest BCUT2D eigenvalue weighted by atomic mass is 32.1. The van der Waals surface area contributed by atoms with Crippen LogP contribution in [0.3, 0.4) is 0 Å². The summed E-state index contributed by atoms with van der Waals surface area (Å²) in [5, 5.41) is 15.2. The van der Waals surface area contributed by atoms with E-state index >= 15 is 0 Å². The molecule has 0 aliphatic rings. The van der Waals surface area contributed by atoms with E-state index in [9.17, 15) is 4.79 Å². The van der Waals surface area contributed by atoms with Crippen molar-refractivity contribution >= 4 is 22.2 Å². The van der Waals surface area contributed by atoms with Crippen LogP contribution in [0.15, 0.2) is 40.5 Å². The lowest BCUT2D eigenvalue weighted by atomic mass is 10.1. The Labute approximate surface area is 196 Å². The standard InChI is InChI=1S/C23H28N6O3S/c1-23(2,3)29-21(25-26-27-29)14-28(13-17-7-6-8-33-17)12-16-9-15-10-19(31-4)20(32-5)11-18(15)24-22(16)30/h6-11H,12-14H2,1-5H3,(H,24,30). The van der Waals surface area contributed by atoms with Crippen LogP contribution in [0.2, 0.25) is 0 Å². The van der Waals surface area contributed by atoms with Gasteiger partial charge in [0, 0.05) is 35.0 Å². The second-order valence-corrected chi connectivity index (χ2v) is 9.85. The van der Waals surface area contributed by atoms with Crippen molar-refractivity contribution in [3.8, 4) is 11.5 Å². The third-order valence-electron chi connectivity index (χ3n) is 5.31. The minimum atomic E-state index is -0.247. The van der Waals surface area contributed by atoms with Gasteiger partial charge in [-0.1, -0.05) is 6.07 Å². The molecular formula is C23H28N6O3S. The second kappa shape index (κ2) is 9.32. The number of thiophene rings is 1. The van der Waals surface area contributed by atoms with Gasteiger partial charge in [-0.2, -0.15) is 0 Å². The number of H-pyrrole nitrogens is 1. The van der Waals surface area contributed by atoms with Crippen LogP contribution in [0.5, 0.6) is 11.5 Å². The van der Waals surface area contributed by atoms with E-state index in [2.05, 4.69) is 57.6 Å². The molecule has 0 bridgehead atoms. The van der Waals surface area contributed by atoms with Crippen molar-refractivity contribution in [2.75, 3.05) is 14.2 Å². The zero-order valence-electron chi connectivity index (χ0n) is 19.5. The number of aromatic amines is 1. The summed E-state index contributed by atoms with van der Waals surface area (Å²) in [5.41, 5.74) is 0.967. The number of fused-ring (bicyclic) bond motifs is 1. The molecule has 0 fully saturated rings. The van der Waals surface area contributed by atoms with Gasteiger partial charge in [0.25, 0.3) is 5.56 Å². The smallest absolute Gasteiger partial charge is 0.252 e. The zero-order chi connectivity index (χ0) is 23.6. The van der Waals surface area contributed by atoms with Gasteiger partial charge >= 0.3 is 0 Å². The summed E-state index contributed by atoms with van der Waals surface area (Å²) in [6.45, 7) is 7.81. The number of rotatable bonds is 8. The number of pyridine rings is 1. The predicted octanol–water partition coefficient (Wildman–Crippen LogP) is 3.55. The number of methoxy groups -OCH3 is 2. The van der Waals surface area contributed by atoms with Crippen LogP contribution in [0.4, 0.5) is 0 Å². The molecule has 3 heterocycles. The van der Waals surface area contributed by atoms with Gasteiger partial charge in [0.15, 0.2) is 17.3 Å². The fourth-order valence-corrected chi connectivity index (χ4v) is 4.50. The van der Waals surface area contributed by atoms with Crippen molar-refractivity contribution in [3.05, 3.63) is 62.3 Å². The number of hydrogen-bond donors (Lipinski definition) is 1. The van der Waals surface area contributed by atoms with Crippen LogP contribution in [0.25, 0.3) is 10.9 Å². The summed E-state index contributed by atoms with van der Waals surface area (Å²) < 4.78 is 12.6. The molecule has 1 aromatic carbocycles. The van der Waals surface area contributed by atoms with Crippen LogP contribution in [0, 0.1) is 0 Å². The SMILES string of the molecule is COc1cc2cc(CN(Cc3cccs3)Cc3nnnn3C(C)(C)C)c(=O)[nH]c2cc1OC. The molecule has 0 atom stereocenters. The Morgan fingerprint density at radius 3 is 2.52 bits per heavy atom. The first-order valence-corrected chi connectivity index (χ1v) is 11.5. The lowest BCUT2D eigenvalue weighted by molar-refractivity contribution is 0.225. The van der Waals surface area contributed by atoms with E-state index in [0.29, 0.717) is 42.2 Å². The minimum Gasteiger partial charge on any atom is -0.493 e. The molecule has 10 heteroatoms. The highest BCUT2D eigenvalue weighted by molar-refractivity contribution is 7.09. The average Bonchev–Trinajstić information content (AvgIpc) is 3.45. The molecule has 0 aliphatic carbocycles. The highest BCUT2D eigenvalue weighted by Crippen LogP contribution is 2.31. The van der Waals surface area contributed by atoms with Crippen molar-refractivity contribution < 1.29 is 9.47 Å². The normalized spacial score (nSPS) is 11.9. The van der Waals surface area contributed by atoms with Crippen molar-refractivity contribution in [3.63, 3.8) is 0 Å². The summed E-state index contributed by atoms with van der Waals surface area (Å²) in [6, 6.07) is 9.67. The molecule has 1 N–H and O–H groups in total. The van der Waals surface area contributed by atoms with Crippen LogP contribution in [-0.4, -0.2) is 44.3 Å². The van der Waals surface area contributed by atoms with Crippen molar-refractivity contribution in [2.45, 2.75) is 45.9 Å². The lowest BCUT2D eigenvalue weighted by Gasteiger charge is -2.24. The van der Waals surface area contributed by atoms with Crippen molar-refractivity contribution in [2.24, 2.45) is 0 Å². The lowest BCUT2D eigenvalue weighted by Crippen LogP contribution is -2.31. The molecule has 0 saturated heterocycles. The highest BCUT2D eigenvalue weighted by Gasteiger charge is 2.22. The first-order chi connectivity index (χ1) is 15.8. The Kier molecular flexibility index (Phi) is 6.48. The molecule has 0 spiro atoms. The minimum absolute atomic E-state index is 0.138. The maximum Gasteiger partial charge on any atom is 0.252 e. The molecular weight excluding hydrogens is 440 g/mol. The average molecular weight is 469 g/mol. The van der Waals surface area contributed by atoms with Gasteiger partial charge < -0.3 is 14.5 Å². The van der Waals surface area contributed by atoms with E-state index in [1.807, 2.05) is 22.9 Å². The van der Waals surface area contributed by atoms with Crippen LogP contribution in [0.1, 0.15) is 37.0 Å². The summed E-state index contributed by atoms with van der Waals surface area (Å²) >= 11 is 1.68. The second-order valence-electron chi connectivity index (χ2n) is 8.82. The molecule has 0 radical (unpaired) electrons. The number of tetrazole rings is 1. The van der Waals surface area contributed by atoms with E-state index in [0.717, 1.165) is 11.2 Å². The van der Waals surface area contributed by atoms with Crippen molar-refractivity contribution in [1.29, 1.82) is 0 Å². The Bertz CT molecular complexity index is 1290. The topological polar surface area (TPSA) is 98.2 Å². The maximum atomic E-state index is 13.0. The molecule has 4 aromatic rings. The summed E-state index contributed by atoms with van der Waals surface area (Å²) in [4.78, 5) is 19.3. The van der Waals surface area contributed by atoms with Gasteiger partial charge in [0.05, 0.1) is 31.8 Å². The van der Waals surface area contributed by atoms with Gasteiger partial charge in [0.2, 0.25) is 0 Å². The summed E-state index contributed by atoms with van der Waals surface area (Å²) in [7, 11) is 3.17. The third-order valence-corrected chi connectivity index (χ3v) is 6.17. The molecule has 3 aromatic heterocycles. The van der Waals surface area contributed by atoms with Crippen molar-refractivity contribution in [1.82, 2.24) is 30.1 Å². The zero-order valence-corrected chi connectivity index (χ0v) is 20.3. The number of nitrogens with one attached hydrogen (secondary N) is 1. The summed E-state index contributed by atoms with van der Waals surface area (Å²) in [6.07, 6.45) is 0. The van der Waals surface area contributed by atoms with Crippen LogP contribution >= 0.6 is 11.3 Å². The Morgan fingerprint density at radius 1 is 1.09 bits per heavy atom. The van der Waals surface area contributed by atoms with E-state index in [4.69, 9.17) is 9.47 Å². The summed E-state index contributed by atoms with van der Waals surface area (Å²) in [5.74, 6) is 1.94. The largest absolute Gasteiger partial charge is 0.493 e. The number of benzene rings is 1. The van der Waals surface area contributed by atoms with Crippen LogP contribution < -0.4 is 15.0 Å². The molecule has 174 valence electrons. The molecule has 0 unspecified atom stereocenters. The first-order valence-electron chi connectivity index (χ1n) is 10.6. The van der Waals surface area contributed by atoms with E-state index in [1.165, 1.54) is 4.88 Å². The van der Waals surface area contributed by atoms with Gasteiger partial charge in [0.1, 0.15) is 0 Å². The molecule has 0 saturated carbocycles. The number of ether oxygens (including phenoxy) is 2. The van der Waals surface area contributed by atoms with E-state index in [-0.39, 0.29) is 11.1 Å². The quantitative estimate of drug-likeness (QED) is 0.422. The third kappa shape index (κ3) is 5.07. The van der Waals surface area contributed by atoms with Crippen LogP contribution in [-0.2, 0) is 25.2 Å². The van der Waals surface area contributed by atoms with Gasteiger partial charge in [-0.05, 0) is 54.8 Å². The number of hydrogen-bond acceptors (Lipinski definition) is 8. The Morgan fingerprint density at radius 2 is 1.85 bits per heavy atom. The fraction of sp³-hybridized carbons (Fsp3) is 0.391. The van der Waals surface area contributed by atoms with E-state index < -0.39 is 0 Å². The Balaban J connectivity index is 1.69. The fourth-order valence-electron chi connectivity index (χ4n) is 3.75. The van der Waals surface area contributed by atoms with Gasteiger partial charge in [-0.3, -0.25) is 9.69 Å². The predicted molar refractivity (Wildman–Crippen MR) is 128 cm³/mol. The first kappa shape index (κ1) is 22.9. The molecule has 33 heavy (non-hydrogen) atoms.